The Morgan fingerprint density at radius 3 is 2.95 bits per heavy atom. The number of H-pyrrole nitrogens is 1. The number of anilines is 1. The minimum Gasteiger partial charge on any atom is -0.465 e. The summed E-state index contributed by atoms with van der Waals surface area (Å²) in [7, 11) is 1.34. The van der Waals surface area contributed by atoms with Crippen LogP contribution in [0.4, 0.5) is 5.69 Å². The van der Waals surface area contributed by atoms with Crippen molar-refractivity contribution in [3.8, 4) is 11.1 Å². The molecule has 2 heterocycles. The van der Waals surface area contributed by atoms with Gasteiger partial charge in [-0.3, -0.25) is 5.10 Å². The first-order chi connectivity index (χ1) is 10.1. The van der Waals surface area contributed by atoms with Crippen molar-refractivity contribution in [3.05, 3.63) is 41.7 Å². The van der Waals surface area contributed by atoms with Gasteiger partial charge in [0, 0.05) is 34.1 Å². The lowest BCUT2D eigenvalue weighted by atomic mass is 9.98. The van der Waals surface area contributed by atoms with Crippen LogP contribution in [-0.4, -0.2) is 28.3 Å². The molecule has 3 aromatic rings. The molecule has 0 radical (unpaired) electrons. The Morgan fingerprint density at radius 1 is 1.38 bits per heavy atom. The number of hydrogen-bond acceptors (Lipinski definition) is 5. The Morgan fingerprint density at radius 2 is 2.19 bits per heavy atom. The largest absolute Gasteiger partial charge is 0.465 e. The van der Waals surface area contributed by atoms with E-state index < -0.39 is 5.97 Å². The number of benzene rings is 1. The summed E-state index contributed by atoms with van der Waals surface area (Å²) in [4.78, 5) is 16.2. The third kappa shape index (κ3) is 2.10. The van der Waals surface area contributed by atoms with Gasteiger partial charge in [-0.05, 0) is 25.1 Å². The molecule has 0 bridgehead atoms. The van der Waals surface area contributed by atoms with Gasteiger partial charge in [0.05, 0.1) is 12.7 Å². The van der Waals surface area contributed by atoms with Crippen LogP contribution in [0.5, 0.6) is 0 Å². The van der Waals surface area contributed by atoms with Gasteiger partial charge in [0.2, 0.25) is 0 Å². The molecule has 21 heavy (non-hydrogen) atoms. The van der Waals surface area contributed by atoms with E-state index >= 15 is 0 Å². The molecule has 106 valence electrons. The van der Waals surface area contributed by atoms with Crippen molar-refractivity contribution in [2.75, 3.05) is 12.8 Å². The van der Waals surface area contributed by atoms with Crippen molar-refractivity contribution in [2.45, 2.75) is 6.92 Å². The number of esters is 1. The smallest absolute Gasteiger partial charge is 0.338 e. The van der Waals surface area contributed by atoms with E-state index in [0.29, 0.717) is 22.5 Å². The highest BCUT2D eigenvalue weighted by atomic mass is 16.5. The first-order valence-corrected chi connectivity index (χ1v) is 6.39. The molecule has 0 aliphatic rings. The van der Waals surface area contributed by atoms with Crippen LogP contribution in [0.1, 0.15) is 16.1 Å². The predicted molar refractivity (Wildman–Crippen MR) is 79.8 cm³/mol. The van der Waals surface area contributed by atoms with Gasteiger partial charge in [-0.2, -0.15) is 5.10 Å². The number of fused-ring (bicyclic) bond motifs is 1. The molecule has 3 rings (SSSR count). The van der Waals surface area contributed by atoms with Crippen LogP contribution in [0.3, 0.4) is 0 Å². The number of nitrogens with zero attached hydrogens (tertiary/aromatic N) is 2. The summed E-state index contributed by atoms with van der Waals surface area (Å²) in [6.07, 6.45) is 1.65. The van der Waals surface area contributed by atoms with E-state index in [-0.39, 0.29) is 0 Å². The second-order valence-electron chi connectivity index (χ2n) is 4.71. The molecule has 0 aliphatic carbocycles. The highest BCUT2D eigenvalue weighted by molar-refractivity contribution is 6.01. The maximum Gasteiger partial charge on any atom is 0.338 e. The van der Waals surface area contributed by atoms with Crippen molar-refractivity contribution in [3.63, 3.8) is 0 Å². The molecule has 0 saturated carbocycles. The highest BCUT2D eigenvalue weighted by Gasteiger charge is 2.17. The van der Waals surface area contributed by atoms with Crippen molar-refractivity contribution in [2.24, 2.45) is 0 Å². The Balaban J connectivity index is 2.26. The molecular weight excluding hydrogens is 268 g/mol. The number of pyridine rings is 1. The van der Waals surface area contributed by atoms with Gasteiger partial charge in [-0.1, -0.05) is 6.07 Å². The summed E-state index contributed by atoms with van der Waals surface area (Å²) >= 11 is 0. The van der Waals surface area contributed by atoms with E-state index in [9.17, 15) is 4.79 Å². The standard InChI is InChI=1S/C15H14N4O2/c1-8-11-6-9(7-17-14(11)19-18-8)13-10(15(20)21-2)4-3-5-12(13)16/h3-7H,16H2,1-2H3,(H,17,18,19). The molecule has 0 aliphatic heterocycles. The van der Waals surface area contributed by atoms with E-state index in [1.807, 2.05) is 13.0 Å². The predicted octanol–water partition coefficient (Wildman–Crippen LogP) is 2.30. The summed E-state index contributed by atoms with van der Waals surface area (Å²) < 4.78 is 4.82. The SMILES string of the molecule is COC(=O)c1cccc(N)c1-c1cnc2n[nH]c(C)c2c1. The van der Waals surface area contributed by atoms with Crippen LogP contribution >= 0.6 is 0 Å². The average Bonchev–Trinajstić information content (AvgIpc) is 2.87. The molecule has 0 saturated heterocycles. The topological polar surface area (TPSA) is 93.9 Å². The van der Waals surface area contributed by atoms with E-state index in [1.165, 1.54) is 7.11 Å². The Labute approximate surface area is 120 Å². The van der Waals surface area contributed by atoms with Gasteiger partial charge in [-0.15, -0.1) is 0 Å². The van der Waals surface area contributed by atoms with E-state index in [0.717, 1.165) is 16.6 Å². The molecule has 0 fully saturated rings. The molecular formula is C15H14N4O2. The molecule has 2 aromatic heterocycles. The number of rotatable bonds is 2. The van der Waals surface area contributed by atoms with Crippen LogP contribution in [0.2, 0.25) is 0 Å². The monoisotopic (exact) mass is 282 g/mol. The number of aromatic amines is 1. The quantitative estimate of drug-likeness (QED) is 0.555. The normalized spacial score (nSPS) is 10.8. The number of ether oxygens (including phenoxy) is 1. The lowest BCUT2D eigenvalue weighted by molar-refractivity contribution is 0.0601. The zero-order chi connectivity index (χ0) is 15.0. The van der Waals surface area contributed by atoms with Crippen LogP contribution in [-0.2, 0) is 4.74 Å². The fourth-order valence-corrected chi connectivity index (χ4v) is 2.33. The van der Waals surface area contributed by atoms with Crippen molar-refractivity contribution < 1.29 is 9.53 Å². The van der Waals surface area contributed by atoms with Crippen LogP contribution in [0, 0.1) is 6.92 Å². The van der Waals surface area contributed by atoms with Gasteiger partial charge in [0.25, 0.3) is 0 Å². The minimum absolute atomic E-state index is 0.416. The maximum absolute atomic E-state index is 11.9. The fraction of sp³-hybridized carbons (Fsp3) is 0.133. The number of nitrogens with one attached hydrogen (secondary N) is 1. The number of methoxy groups -OCH3 is 1. The number of aromatic nitrogens is 3. The Bertz CT molecular complexity index is 839. The van der Waals surface area contributed by atoms with Gasteiger partial charge in [0.1, 0.15) is 0 Å². The zero-order valence-electron chi connectivity index (χ0n) is 11.7. The number of nitrogens with two attached hydrogens (primary N) is 1. The van der Waals surface area contributed by atoms with Crippen molar-refractivity contribution in [1.82, 2.24) is 15.2 Å². The Hall–Kier alpha value is -2.89. The highest BCUT2D eigenvalue weighted by Crippen LogP contribution is 2.31. The van der Waals surface area contributed by atoms with E-state index in [2.05, 4.69) is 15.2 Å². The van der Waals surface area contributed by atoms with Crippen molar-refractivity contribution >= 4 is 22.7 Å². The lowest BCUT2D eigenvalue weighted by Gasteiger charge is -2.11. The summed E-state index contributed by atoms with van der Waals surface area (Å²) in [6, 6.07) is 7.07. The number of nitrogen functional groups attached to an aromatic ring is 1. The third-order valence-corrected chi connectivity index (χ3v) is 3.39. The number of aryl methyl sites for hydroxylation is 1. The summed E-state index contributed by atoms with van der Waals surface area (Å²) in [5, 5.41) is 7.87. The minimum atomic E-state index is -0.429. The maximum atomic E-state index is 11.9. The average molecular weight is 282 g/mol. The zero-order valence-corrected chi connectivity index (χ0v) is 11.7. The summed E-state index contributed by atoms with van der Waals surface area (Å²) in [5.41, 5.74) is 9.88. The Kier molecular flexibility index (Phi) is 3.06. The molecule has 6 heteroatoms. The van der Waals surface area contributed by atoms with Gasteiger partial charge < -0.3 is 10.5 Å². The summed E-state index contributed by atoms with van der Waals surface area (Å²) in [6.45, 7) is 1.91. The van der Waals surface area contributed by atoms with Gasteiger partial charge >= 0.3 is 5.97 Å². The molecule has 0 unspecified atom stereocenters. The molecule has 3 N–H and O–H groups in total. The first kappa shape index (κ1) is 13.1. The van der Waals surface area contributed by atoms with Crippen molar-refractivity contribution in [1.29, 1.82) is 0 Å². The molecule has 0 atom stereocenters. The molecule has 6 nitrogen and oxygen atoms in total. The van der Waals surface area contributed by atoms with Crippen LogP contribution < -0.4 is 5.73 Å². The number of carbonyl (C=O) groups is 1. The molecule has 0 spiro atoms. The second kappa shape index (κ2) is 4.90. The third-order valence-electron chi connectivity index (χ3n) is 3.39. The second-order valence-corrected chi connectivity index (χ2v) is 4.71. The van der Waals surface area contributed by atoms with E-state index in [4.69, 9.17) is 10.5 Å². The van der Waals surface area contributed by atoms with Gasteiger partial charge in [0.15, 0.2) is 5.65 Å². The lowest BCUT2D eigenvalue weighted by Crippen LogP contribution is -2.05. The first-order valence-electron chi connectivity index (χ1n) is 6.39. The molecule has 0 amide bonds. The van der Waals surface area contributed by atoms with Gasteiger partial charge in [-0.25, -0.2) is 9.78 Å². The summed E-state index contributed by atoms with van der Waals surface area (Å²) in [5.74, 6) is -0.429. The van der Waals surface area contributed by atoms with E-state index in [1.54, 1.807) is 24.4 Å². The number of hydrogen-bond donors (Lipinski definition) is 2. The van der Waals surface area contributed by atoms with Crippen LogP contribution in [0.15, 0.2) is 30.5 Å². The van der Waals surface area contributed by atoms with Crippen LogP contribution in [0.25, 0.3) is 22.2 Å². The molecule has 1 aromatic carbocycles. The fourth-order valence-electron chi connectivity index (χ4n) is 2.33. The number of carbonyl (C=O) groups excluding carboxylic acids is 1.